The molecule has 0 bridgehead atoms. The molecule has 1 N–H and O–H groups in total. The summed E-state index contributed by atoms with van der Waals surface area (Å²) >= 11 is 1.67. The number of carbonyl (C=O) groups excluding carboxylic acids is 2. The number of para-hydroxylation sites is 1. The maximum atomic E-state index is 13.0. The van der Waals surface area contributed by atoms with E-state index in [0.29, 0.717) is 19.6 Å². The van der Waals surface area contributed by atoms with Gasteiger partial charge in [-0.1, -0.05) is 12.1 Å². The first-order chi connectivity index (χ1) is 12.8. The van der Waals surface area contributed by atoms with Crippen LogP contribution in [0.5, 0.6) is 0 Å². The number of nitrogens with zero attached hydrogens (tertiary/aromatic N) is 1. The first kappa shape index (κ1) is 21.7. The zero-order valence-corrected chi connectivity index (χ0v) is 17.6. The lowest BCUT2D eigenvalue weighted by Crippen LogP contribution is -2.50. The second-order valence-electron chi connectivity index (χ2n) is 7.03. The predicted molar refractivity (Wildman–Crippen MR) is 108 cm³/mol. The molecule has 1 atom stereocenters. The molecule has 6 nitrogen and oxygen atoms in total. The average molecular weight is 395 g/mol. The van der Waals surface area contributed by atoms with Gasteiger partial charge in [-0.25, -0.2) is 0 Å². The molecule has 0 aliphatic carbocycles. The number of amides is 2. The van der Waals surface area contributed by atoms with E-state index in [0.717, 1.165) is 10.6 Å². The van der Waals surface area contributed by atoms with E-state index in [1.807, 2.05) is 38.1 Å². The lowest BCUT2D eigenvalue weighted by molar-refractivity contribution is -0.141. The SMILES string of the molecule is CCOC(CNC(=O)[C@@H](C)N1C(=O)CC(C)(C)Sc2ccccc21)OCC. The van der Waals surface area contributed by atoms with Gasteiger partial charge in [-0.2, -0.15) is 0 Å². The standard InChI is InChI=1S/C20H30N2O4S/c1-6-25-18(26-7-2)13-21-19(24)14(3)22-15-10-8-9-11-16(15)27-20(4,5)12-17(22)23/h8-11,14,18H,6-7,12-13H2,1-5H3,(H,21,24)/t14-/m1/s1. The third-order valence-electron chi connectivity index (χ3n) is 4.27. The second kappa shape index (κ2) is 9.57. The first-order valence-electron chi connectivity index (χ1n) is 9.40. The summed E-state index contributed by atoms with van der Waals surface area (Å²) < 4.78 is 10.7. The number of carbonyl (C=O) groups is 2. The molecule has 1 aliphatic rings. The van der Waals surface area contributed by atoms with E-state index < -0.39 is 12.3 Å². The van der Waals surface area contributed by atoms with Gasteiger partial charge in [0.15, 0.2) is 6.29 Å². The van der Waals surface area contributed by atoms with E-state index >= 15 is 0 Å². The summed E-state index contributed by atoms with van der Waals surface area (Å²) in [5, 5.41) is 2.85. The van der Waals surface area contributed by atoms with E-state index in [4.69, 9.17) is 9.47 Å². The Morgan fingerprint density at radius 1 is 1.26 bits per heavy atom. The first-order valence-corrected chi connectivity index (χ1v) is 10.2. The molecule has 150 valence electrons. The Balaban J connectivity index is 2.17. The molecule has 0 radical (unpaired) electrons. The Hall–Kier alpha value is -1.57. The fourth-order valence-electron chi connectivity index (χ4n) is 3.07. The van der Waals surface area contributed by atoms with Gasteiger partial charge in [0.25, 0.3) is 0 Å². The summed E-state index contributed by atoms with van der Waals surface area (Å²) in [6.07, 6.45) is -0.123. The predicted octanol–water partition coefficient (Wildman–Crippen LogP) is 3.20. The largest absolute Gasteiger partial charge is 0.351 e. The number of fused-ring (bicyclic) bond motifs is 1. The highest BCUT2D eigenvalue weighted by Crippen LogP contribution is 2.44. The molecule has 1 aromatic rings. The van der Waals surface area contributed by atoms with E-state index in [1.165, 1.54) is 0 Å². The van der Waals surface area contributed by atoms with Crippen molar-refractivity contribution in [1.82, 2.24) is 5.32 Å². The minimum absolute atomic E-state index is 0.0498. The molecule has 0 spiro atoms. The number of rotatable bonds is 8. The van der Waals surface area contributed by atoms with Crippen LogP contribution in [-0.2, 0) is 19.1 Å². The summed E-state index contributed by atoms with van der Waals surface area (Å²) in [6.45, 7) is 10.9. The summed E-state index contributed by atoms with van der Waals surface area (Å²) in [5.41, 5.74) is 0.784. The summed E-state index contributed by atoms with van der Waals surface area (Å²) in [7, 11) is 0. The maximum Gasteiger partial charge on any atom is 0.243 e. The molecule has 1 heterocycles. The molecule has 2 amide bonds. The molecule has 1 aliphatic heterocycles. The third kappa shape index (κ3) is 5.70. The number of hydrogen-bond acceptors (Lipinski definition) is 5. The second-order valence-corrected chi connectivity index (χ2v) is 8.78. The number of thioether (sulfide) groups is 1. The zero-order chi connectivity index (χ0) is 20.0. The summed E-state index contributed by atoms with van der Waals surface area (Å²) in [4.78, 5) is 28.3. The number of ether oxygens (including phenoxy) is 2. The molecule has 0 aromatic heterocycles. The average Bonchev–Trinajstić information content (AvgIpc) is 2.70. The van der Waals surface area contributed by atoms with Gasteiger partial charge >= 0.3 is 0 Å². The van der Waals surface area contributed by atoms with E-state index in [9.17, 15) is 9.59 Å². The molecule has 0 saturated heterocycles. The Kier molecular flexibility index (Phi) is 7.70. The van der Waals surface area contributed by atoms with Gasteiger partial charge in [-0.05, 0) is 46.8 Å². The molecule has 27 heavy (non-hydrogen) atoms. The fraction of sp³-hybridized carbons (Fsp3) is 0.600. The molecular formula is C20H30N2O4S. The van der Waals surface area contributed by atoms with Crippen LogP contribution >= 0.6 is 11.8 Å². The van der Waals surface area contributed by atoms with Crippen molar-refractivity contribution >= 4 is 29.3 Å². The van der Waals surface area contributed by atoms with Gasteiger partial charge in [-0.15, -0.1) is 11.8 Å². The molecular weight excluding hydrogens is 364 g/mol. The Labute approximate surface area is 166 Å². The molecule has 7 heteroatoms. The molecule has 1 aromatic carbocycles. The van der Waals surface area contributed by atoms with Crippen LogP contribution in [0.3, 0.4) is 0 Å². The Morgan fingerprint density at radius 2 is 1.89 bits per heavy atom. The monoisotopic (exact) mass is 394 g/mol. The van der Waals surface area contributed by atoms with Crippen LogP contribution in [0.1, 0.15) is 41.0 Å². The zero-order valence-electron chi connectivity index (χ0n) is 16.8. The van der Waals surface area contributed by atoms with Crippen molar-refractivity contribution in [1.29, 1.82) is 0 Å². The summed E-state index contributed by atoms with van der Waals surface area (Å²) in [5.74, 6) is -0.279. The van der Waals surface area contributed by atoms with Crippen LogP contribution < -0.4 is 10.2 Å². The van der Waals surface area contributed by atoms with Gasteiger partial charge in [-0.3, -0.25) is 14.5 Å². The van der Waals surface area contributed by atoms with Gasteiger partial charge in [0.05, 0.1) is 12.2 Å². The molecule has 0 fully saturated rings. The van der Waals surface area contributed by atoms with Crippen LogP contribution in [0.15, 0.2) is 29.2 Å². The number of benzene rings is 1. The lowest BCUT2D eigenvalue weighted by Gasteiger charge is -2.29. The van der Waals surface area contributed by atoms with Crippen LogP contribution in [0.4, 0.5) is 5.69 Å². The highest BCUT2D eigenvalue weighted by Gasteiger charge is 2.37. The van der Waals surface area contributed by atoms with Gasteiger partial charge in [0.2, 0.25) is 11.8 Å². The van der Waals surface area contributed by atoms with Crippen molar-refractivity contribution < 1.29 is 19.1 Å². The number of nitrogens with one attached hydrogen (secondary N) is 1. The van der Waals surface area contributed by atoms with Crippen LogP contribution in [0.25, 0.3) is 0 Å². The quantitative estimate of drug-likeness (QED) is 0.686. The smallest absolute Gasteiger partial charge is 0.243 e. The van der Waals surface area contributed by atoms with Crippen LogP contribution in [0, 0.1) is 0 Å². The van der Waals surface area contributed by atoms with Crippen molar-refractivity contribution in [2.24, 2.45) is 0 Å². The van der Waals surface area contributed by atoms with Crippen molar-refractivity contribution in [3.8, 4) is 0 Å². The van der Waals surface area contributed by atoms with E-state index in [2.05, 4.69) is 19.2 Å². The lowest BCUT2D eigenvalue weighted by atomic mass is 10.1. The van der Waals surface area contributed by atoms with E-state index in [-0.39, 0.29) is 23.1 Å². The van der Waals surface area contributed by atoms with E-state index in [1.54, 1.807) is 23.6 Å². The van der Waals surface area contributed by atoms with Gasteiger partial charge in [0.1, 0.15) is 6.04 Å². The maximum absolute atomic E-state index is 13.0. The van der Waals surface area contributed by atoms with Crippen LogP contribution in [-0.4, -0.2) is 48.7 Å². The molecule has 2 rings (SSSR count). The minimum atomic E-state index is -0.628. The van der Waals surface area contributed by atoms with Crippen molar-refractivity contribution in [3.63, 3.8) is 0 Å². The highest BCUT2D eigenvalue weighted by molar-refractivity contribution is 8.00. The minimum Gasteiger partial charge on any atom is -0.351 e. The number of hydrogen-bond donors (Lipinski definition) is 1. The topological polar surface area (TPSA) is 67.9 Å². The number of anilines is 1. The molecule has 0 saturated carbocycles. The van der Waals surface area contributed by atoms with Crippen molar-refractivity contribution in [2.75, 3.05) is 24.7 Å². The summed E-state index contributed by atoms with van der Waals surface area (Å²) in [6, 6.07) is 7.11. The Morgan fingerprint density at radius 3 is 2.52 bits per heavy atom. The van der Waals surface area contributed by atoms with Crippen molar-refractivity contribution in [2.45, 2.75) is 63.0 Å². The normalized spacial score (nSPS) is 17.4. The van der Waals surface area contributed by atoms with Crippen molar-refractivity contribution in [3.05, 3.63) is 24.3 Å². The Bertz CT molecular complexity index is 659. The highest BCUT2D eigenvalue weighted by atomic mass is 32.2. The third-order valence-corrected chi connectivity index (χ3v) is 5.53. The van der Waals surface area contributed by atoms with Gasteiger partial charge < -0.3 is 14.8 Å². The molecule has 0 unspecified atom stereocenters. The fourth-order valence-corrected chi connectivity index (χ4v) is 4.28. The van der Waals surface area contributed by atoms with Crippen LogP contribution in [0.2, 0.25) is 0 Å². The van der Waals surface area contributed by atoms with Gasteiger partial charge in [0, 0.05) is 29.3 Å².